The molecule has 1 saturated carbocycles. The number of alkyl halides is 1. The van der Waals surface area contributed by atoms with Gasteiger partial charge in [0.25, 0.3) is 0 Å². The molecule has 0 aromatic carbocycles. The molecule has 3 nitrogen and oxygen atoms in total. The Bertz CT molecular complexity index is 206. The highest BCUT2D eigenvalue weighted by Crippen LogP contribution is 2.28. The summed E-state index contributed by atoms with van der Waals surface area (Å²) in [5.41, 5.74) is 0. The molecule has 1 N–H and O–H groups in total. The summed E-state index contributed by atoms with van der Waals surface area (Å²) in [6.07, 6.45) is 7.96. The number of hydrogen-bond donors (Lipinski definition) is 1. The number of amides is 1. The molecule has 1 amide bonds. The van der Waals surface area contributed by atoms with E-state index in [0.717, 1.165) is 18.8 Å². The Morgan fingerprint density at radius 2 is 2.06 bits per heavy atom. The standard InChI is InChI=1S/C13H24ClNO2/c14-8-11-17-10-3-9-15-13(16)7-6-12-4-1-2-5-12/h12H,1-11H2,(H,15,16). The molecule has 0 spiro atoms. The van der Waals surface area contributed by atoms with Crippen LogP contribution in [0.4, 0.5) is 0 Å². The van der Waals surface area contributed by atoms with Crippen LogP contribution in [0.2, 0.25) is 0 Å². The number of rotatable bonds is 9. The van der Waals surface area contributed by atoms with Crippen molar-refractivity contribution in [2.45, 2.75) is 44.9 Å². The molecule has 0 unspecified atom stereocenters. The predicted molar refractivity (Wildman–Crippen MR) is 70.4 cm³/mol. The van der Waals surface area contributed by atoms with Gasteiger partial charge in [-0.1, -0.05) is 25.7 Å². The average molecular weight is 262 g/mol. The average Bonchev–Trinajstić information content (AvgIpc) is 2.84. The monoisotopic (exact) mass is 261 g/mol. The van der Waals surface area contributed by atoms with Crippen molar-refractivity contribution in [3.05, 3.63) is 0 Å². The molecule has 4 heteroatoms. The molecule has 0 aromatic rings. The highest BCUT2D eigenvalue weighted by molar-refractivity contribution is 6.17. The van der Waals surface area contributed by atoms with Crippen LogP contribution in [-0.2, 0) is 9.53 Å². The fourth-order valence-corrected chi connectivity index (χ4v) is 2.39. The molecule has 17 heavy (non-hydrogen) atoms. The summed E-state index contributed by atoms with van der Waals surface area (Å²) in [4.78, 5) is 11.5. The van der Waals surface area contributed by atoms with E-state index in [9.17, 15) is 4.79 Å². The summed E-state index contributed by atoms with van der Waals surface area (Å²) in [5, 5.41) is 2.93. The third-order valence-corrected chi connectivity index (χ3v) is 3.42. The zero-order valence-electron chi connectivity index (χ0n) is 10.5. The van der Waals surface area contributed by atoms with Gasteiger partial charge in [0.15, 0.2) is 0 Å². The van der Waals surface area contributed by atoms with Gasteiger partial charge in [-0.05, 0) is 18.8 Å². The molecule has 1 aliphatic carbocycles. The molecule has 1 fully saturated rings. The summed E-state index contributed by atoms with van der Waals surface area (Å²) in [6, 6.07) is 0. The second kappa shape index (κ2) is 9.72. The number of ether oxygens (including phenoxy) is 1. The first-order valence-electron chi connectivity index (χ1n) is 6.73. The fourth-order valence-electron chi connectivity index (χ4n) is 2.28. The third kappa shape index (κ3) is 7.61. The van der Waals surface area contributed by atoms with E-state index in [-0.39, 0.29) is 5.91 Å². The van der Waals surface area contributed by atoms with Gasteiger partial charge in [-0.25, -0.2) is 0 Å². The smallest absolute Gasteiger partial charge is 0.220 e. The number of halogens is 1. The highest BCUT2D eigenvalue weighted by Gasteiger charge is 2.15. The minimum atomic E-state index is 0.189. The van der Waals surface area contributed by atoms with Crippen LogP contribution in [0.25, 0.3) is 0 Å². The molecule has 0 aliphatic heterocycles. The number of nitrogens with one attached hydrogen (secondary N) is 1. The lowest BCUT2D eigenvalue weighted by atomic mass is 10.0. The maximum atomic E-state index is 11.5. The van der Waals surface area contributed by atoms with Crippen molar-refractivity contribution in [2.75, 3.05) is 25.6 Å². The van der Waals surface area contributed by atoms with E-state index in [2.05, 4.69) is 5.32 Å². The largest absolute Gasteiger partial charge is 0.380 e. The number of carbonyl (C=O) groups is 1. The molecule has 1 rings (SSSR count). The summed E-state index contributed by atoms with van der Waals surface area (Å²) in [6.45, 7) is 1.98. The summed E-state index contributed by atoms with van der Waals surface area (Å²) >= 11 is 5.47. The van der Waals surface area contributed by atoms with Gasteiger partial charge in [0.05, 0.1) is 6.61 Å². The fraction of sp³-hybridized carbons (Fsp3) is 0.923. The molecule has 0 radical (unpaired) electrons. The van der Waals surface area contributed by atoms with Crippen LogP contribution in [0, 0.1) is 5.92 Å². The highest BCUT2D eigenvalue weighted by atomic mass is 35.5. The van der Waals surface area contributed by atoms with Crippen LogP contribution in [0.3, 0.4) is 0 Å². The van der Waals surface area contributed by atoms with Gasteiger partial charge in [-0.15, -0.1) is 11.6 Å². The second-order valence-corrected chi connectivity index (χ2v) is 5.07. The van der Waals surface area contributed by atoms with Gasteiger partial charge >= 0.3 is 0 Å². The molecular formula is C13H24ClNO2. The van der Waals surface area contributed by atoms with Gasteiger partial charge in [-0.3, -0.25) is 4.79 Å². The van der Waals surface area contributed by atoms with Crippen molar-refractivity contribution in [1.82, 2.24) is 5.32 Å². The minimum Gasteiger partial charge on any atom is -0.380 e. The van der Waals surface area contributed by atoms with Crippen LogP contribution in [0.1, 0.15) is 44.9 Å². The summed E-state index contributed by atoms with van der Waals surface area (Å²) < 4.78 is 5.22. The molecule has 0 aromatic heterocycles. The maximum absolute atomic E-state index is 11.5. The van der Waals surface area contributed by atoms with E-state index in [1.54, 1.807) is 0 Å². The van der Waals surface area contributed by atoms with Gasteiger partial charge in [0.1, 0.15) is 0 Å². The molecule has 0 heterocycles. The number of hydrogen-bond acceptors (Lipinski definition) is 2. The maximum Gasteiger partial charge on any atom is 0.220 e. The molecule has 100 valence electrons. The van der Waals surface area contributed by atoms with Crippen molar-refractivity contribution in [3.8, 4) is 0 Å². The normalized spacial score (nSPS) is 16.3. The lowest BCUT2D eigenvalue weighted by molar-refractivity contribution is -0.121. The molecule has 1 aliphatic rings. The van der Waals surface area contributed by atoms with Crippen LogP contribution in [-0.4, -0.2) is 31.5 Å². The van der Waals surface area contributed by atoms with Crippen molar-refractivity contribution >= 4 is 17.5 Å². The van der Waals surface area contributed by atoms with E-state index in [1.165, 1.54) is 25.7 Å². The first kappa shape index (κ1) is 14.8. The summed E-state index contributed by atoms with van der Waals surface area (Å²) in [5.74, 6) is 1.52. The Balaban J connectivity index is 1.87. The summed E-state index contributed by atoms with van der Waals surface area (Å²) in [7, 11) is 0. The first-order valence-corrected chi connectivity index (χ1v) is 7.27. The van der Waals surface area contributed by atoms with Crippen molar-refractivity contribution in [1.29, 1.82) is 0 Å². The Labute approximate surface area is 109 Å². The number of carbonyl (C=O) groups excluding carboxylic acids is 1. The van der Waals surface area contributed by atoms with E-state index >= 15 is 0 Å². The SMILES string of the molecule is O=C(CCC1CCCC1)NCCCOCCCl. The quantitative estimate of drug-likeness (QED) is 0.512. The Morgan fingerprint density at radius 3 is 2.76 bits per heavy atom. The topological polar surface area (TPSA) is 38.3 Å². The van der Waals surface area contributed by atoms with Gasteiger partial charge in [-0.2, -0.15) is 0 Å². The lowest BCUT2D eigenvalue weighted by Crippen LogP contribution is -2.25. The van der Waals surface area contributed by atoms with Gasteiger partial charge in [0.2, 0.25) is 5.91 Å². The molecule has 0 bridgehead atoms. The van der Waals surface area contributed by atoms with Crippen LogP contribution >= 0.6 is 11.6 Å². The van der Waals surface area contributed by atoms with Crippen LogP contribution in [0.15, 0.2) is 0 Å². The van der Waals surface area contributed by atoms with Crippen molar-refractivity contribution in [2.24, 2.45) is 5.92 Å². The van der Waals surface area contributed by atoms with E-state index < -0.39 is 0 Å². The van der Waals surface area contributed by atoms with E-state index in [1.807, 2.05) is 0 Å². The van der Waals surface area contributed by atoms with Crippen molar-refractivity contribution in [3.63, 3.8) is 0 Å². The zero-order chi connectivity index (χ0) is 12.3. The molecule has 0 saturated heterocycles. The van der Waals surface area contributed by atoms with Crippen LogP contribution in [0.5, 0.6) is 0 Å². The second-order valence-electron chi connectivity index (χ2n) is 4.69. The third-order valence-electron chi connectivity index (χ3n) is 3.26. The lowest BCUT2D eigenvalue weighted by Gasteiger charge is -2.09. The van der Waals surface area contributed by atoms with Gasteiger partial charge < -0.3 is 10.1 Å². The first-order chi connectivity index (χ1) is 8.33. The van der Waals surface area contributed by atoms with E-state index in [0.29, 0.717) is 32.1 Å². The van der Waals surface area contributed by atoms with E-state index in [4.69, 9.17) is 16.3 Å². The molecule has 0 atom stereocenters. The Morgan fingerprint density at radius 1 is 1.29 bits per heavy atom. The predicted octanol–water partition coefficient (Wildman–Crippen LogP) is 2.72. The van der Waals surface area contributed by atoms with Gasteiger partial charge in [0, 0.05) is 25.5 Å². The Kier molecular flexibility index (Phi) is 8.45. The minimum absolute atomic E-state index is 0.189. The zero-order valence-corrected chi connectivity index (χ0v) is 11.3. The Hall–Kier alpha value is -0.280. The molecular weight excluding hydrogens is 238 g/mol. The van der Waals surface area contributed by atoms with Crippen LogP contribution < -0.4 is 5.32 Å². The van der Waals surface area contributed by atoms with Crippen molar-refractivity contribution < 1.29 is 9.53 Å².